The summed E-state index contributed by atoms with van der Waals surface area (Å²) in [5.41, 5.74) is 1.86. The van der Waals surface area contributed by atoms with Crippen LogP contribution in [0.2, 0.25) is 0 Å². The van der Waals surface area contributed by atoms with Crippen LogP contribution < -0.4 is 0 Å². The maximum absolute atomic E-state index is 11.6. The molecule has 0 radical (unpaired) electrons. The third kappa shape index (κ3) is 1.45. The van der Waals surface area contributed by atoms with E-state index in [0.717, 1.165) is 17.7 Å². The molecule has 0 saturated carbocycles. The van der Waals surface area contributed by atoms with Crippen LogP contribution in [0.4, 0.5) is 0 Å². The van der Waals surface area contributed by atoms with Crippen LogP contribution >= 0.6 is 0 Å². The van der Waals surface area contributed by atoms with Crippen LogP contribution in [0.15, 0.2) is 18.3 Å². The van der Waals surface area contributed by atoms with E-state index in [0.29, 0.717) is 18.3 Å². The molecule has 0 amide bonds. The Morgan fingerprint density at radius 2 is 2.29 bits per heavy atom. The predicted octanol–water partition coefficient (Wildman–Crippen LogP) is 2.80. The molecule has 0 fully saturated rings. The minimum absolute atomic E-state index is 0.255. The highest BCUT2D eigenvalue weighted by Crippen LogP contribution is 2.34. The van der Waals surface area contributed by atoms with Crippen LogP contribution in [0.5, 0.6) is 0 Å². The lowest BCUT2D eigenvalue weighted by molar-refractivity contribution is 0.0961. The standard InChI is InChI=1S/C12H15NO/c1-8(2)9-5-6-11(14)10-4-3-7-13-12(9)10/h3-4,7-9H,5-6H2,1-2H3. The largest absolute Gasteiger partial charge is 0.294 e. The lowest BCUT2D eigenvalue weighted by Crippen LogP contribution is -2.20. The van der Waals surface area contributed by atoms with Crippen molar-refractivity contribution in [2.45, 2.75) is 32.6 Å². The Labute approximate surface area is 84.4 Å². The van der Waals surface area contributed by atoms with Crippen LogP contribution in [0.25, 0.3) is 0 Å². The monoisotopic (exact) mass is 189 g/mol. The number of aromatic nitrogens is 1. The highest BCUT2D eigenvalue weighted by molar-refractivity contribution is 5.98. The minimum atomic E-state index is 0.255. The number of carbonyl (C=O) groups is 1. The van der Waals surface area contributed by atoms with E-state index in [9.17, 15) is 4.79 Å². The van der Waals surface area contributed by atoms with Gasteiger partial charge in [0, 0.05) is 24.1 Å². The van der Waals surface area contributed by atoms with Crippen molar-refractivity contribution >= 4 is 5.78 Å². The first-order valence-electron chi connectivity index (χ1n) is 5.18. The summed E-state index contributed by atoms with van der Waals surface area (Å²) in [4.78, 5) is 16.0. The topological polar surface area (TPSA) is 30.0 Å². The summed E-state index contributed by atoms with van der Waals surface area (Å²) < 4.78 is 0. The summed E-state index contributed by atoms with van der Waals surface area (Å²) in [7, 11) is 0. The van der Waals surface area contributed by atoms with E-state index in [-0.39, 0.29) is 5.78 Å². The van der Waals surface area contributed by atoms with E-state index in [1.165, 1.54) is 0 Å². The van der Waals surface area contributed by atoms with Gasteiger partial charge in [0.05, 0.1) is 5.69 Å². The molecule has 2 heteroatoms. The molecule has 0 N–H and O–H groups in total. The fraction of sp³-hybridized carbons (Fsp3) is 0.500. The Bertz CT molecular complexity index is 357. The number of fused-ring (bicyclic) bond motifs is 1. The van der Waals surface area contributed by atoms with Gasteiger partial charge in [-0.2, -0.15) is 0 Å². The minimum Gasteiger partial charge on any atom is -0.294 e. The zero-order valence-corrected chi connectivity index (χ0v) is 8.66. The summed E-state index contributed by atoms with van der Waals surface area (Å²) in [5.74, 6) is 1.28. The van der Waals surface area contributed by atoms with Crippen molar-refractivity contribution in [3.63, 3.8) is 0 Å². The van der Waals surface area contributed by atoms with E-state index < -0.39 is 0 Å². The van der Waals surface area contributed by atoms with Crippen LogP contribution in [-0.4, -0.2) is 10.8 Å². The first-order valence-corrected chi connectivity index (χ1v) is 5.18. The first kappa shape index (κ1) is 9.38. The summed E-state index contributed by atoms with van der Waals surface area (Å²) in [5, 5.41) is 0. The quantitative estimate of drug-likeness (QED) is 0.680. The zero-order valence-electron chi connectivity index (χ0n) is 8.66. The van der Waals surface area contributed by atoms with Crippen LogP contribution in [0, 0.1) is 5.92 Å². The van der Waals surface area contributed by atoms with Crippen molar-refractivity contribution < 1.29 is 4.79 Å². The van der Waals surface area contributed by atoms with Gasteiger partial charge in [0.15, 0.2) is 5.78 Å². The Morgan fingerprint density at radius 3 is 3.00 bits per heavy atom. The third-order valence-corrected chi connectivity index (χ3v) is 2.98. The van der Waals surface area contributed by atoms with Crippen molar-refractivity contribution in [2.75, 3.05) is 0 Å². The number of ketones is 1. The fourth-order valence-corrected chi connectivity index (χ4v) is 2.16. The Balaban J connectivity index is 2.46. The van der Waals surface area contributed by atoms with Crippen LogP contribution in [0.3, 0.4) is 0 Å². The third-order valence-electron chi connectivity index (χ3n) is 2.98. The lowest BCUT2D eigenvalue weighted by Gasteiger charge is -2.26. The molecule has 0 aromatic carbocycles. The van der Waals surface area contributed by atoms with Gasteiger partial charge in [-0.05, 0) is 24.5 Å². The SMILES string of the molecule is CC(C)C1CCC(=O)c2cccnc21. The molecule has 2 rings (SSSR count). The Hall–Kier alpha value is -1.18. The molecule has 1 heterocycles. The van der Waals surface area contributed by atoms with Gasteiger partial charge in [-0.3, -0.25) is 9.78 Å². The molecule has 0 bridgehead atoms. The second-order valence-corrected chi connectivity index (χ2v) is 4.25. The Morgan fingerprint density at radius 1 is 1.50 bits per heavy atom. The van der Waals surface area contributed by atoms with E-state index in [4.69, 9.17) is 0 Å². The number of nitrogens with zero attached hydrogens (tertiary/aromatic N) is 1. The molecular weight excluding hydrogens is 174 g/mol. The highest BCUT2D eigenvalue weighted by Gasteiger charge is 2.28. The average molecular weight is 189 g/mol. The maximum Gasteiger partial charge on any atom is 0.164 e. The predicted molar refractivity (Wildman–Crippen MR) is 55.4 cm³/mol. The number of rotatable bonds is 1. The molecule has 0 saturated heterocycles. The number of Topliss-reactive ketones (excluding diaryl/α,β-unsaturated/α-hetero) is 1. The normalized spacial score (nSPS) is 21.1. The second kappa shape index (κ2) is 3.52. The van der Waals surface area contributed by atoms with Crippen molar-refractivity contribution in [1.82, 2.24) is 4.98 Å². The van der Waals surface area contributed by atoms with Crippen molar-refractivity contribution in [3.8, 4) is 0 Å². The van der Waals surface area contributed by atoms with Crippen LogP contribution in [0.1, 0.15) is 48.7 Å². The molecule has 1 unspecified atom stereocenters. The molecule has 0 spiro atoms. The highest BCUT2D eigenvalue weighted by atomic mass is 16.1. The van der Waals surface area contributed by atoms with Crippen molar-refractivity contribution in [1.29, 1.82) is 0 Å². The number of hydrogen-bond acceptors (Lipinski definition) is 2. The van der Waals surface area contributed by atoms with E-state index >= 15 is 0 Å². The summed E-state index contributed by atoms with van der Waals surface area (Å²) in [6.07, 6.45) is 3.43. The molecule has 1 aliphatic rings. The summed E-state index contributed by atoms with van der Waals surface area (Å²) >= 11 is 0. The number of hydrogen-bond donors (Lipinski definition) is 0. The van der Waals surface area contributed by atoms with Gasteiger partial charge in [0.1, 0.15) is 0 Å². The summed E-state index contributed by atoms with van der Waals surface area (Å²) in [6, 6.07) is 3.75. The van der Waals surface area contributed by atoms with Gasteiger partial charge in [-0.1, -0.05) is 13.8 Å². The van der Waals surface area contributed by atoms with Crippen molar-refractivity contribution in [2.24, 2.45) is 5.92 Å². The Kier molecular flexibility index (Phi) is 2.36. The number of carbonyl (C=O) groups excluding carboxylic acids is 1. The van der Waals surface area contributed by atoms with Gasteiger partial charge in [-0.15, -0.1) is 0 Å². The van der Waals surface area contributed by atoms with E-state index in [2.05, 4.69) is 18.8 Å². The van der Waals surface area contributed by atoms with E-state index in [1.54, 1.807) is 6.20 Å². The molecule has 2 nitrogen and oxygen atoms in total. The summed E-state index contributed by atoms with van der Waals surface area (Å²) in [6.45, 7) is 4.39. The van der Waals surface area contributed by atoms with Crippen molar-refractivity contribution in [3.05, 3.63) is 29.6 Å². The number of pyridine rings is 1. The van der Waals surface area contributed by atoms with E-state index in [1.807, 2.05) is 12.1 Å². The molecule has 1 aliphatic carbocycles. The molecule has 1 atom stereocenters. The van der Waals surface area contributed by atoms with Gasteiger partial charge >= 0.3 is 0 Å². The van der Waals surface area contributed by atoms with Gasteiger partial charge in [0.25, 0.3) is 0 Å². The van der Waals surface area contributed by atoms with Gasteiger partial charge in [-0.25, -0.2) is 0 Å². The molecular formula is C12H15NO. The molecule has 0 aliphatic heterocycles. The molecule has 14 heavy (non-hydrogen) atoms. The molecule has 74 valence electrons. The fourth-order valence-electron chi connectivity index (χ4n) is 2.16. The first-order chi connectivity index (χ1) is 6.70. The van der Waals surface area contributed by atoms with Gasteiger partial charge in [0.2, 0.25) is 0 Å². The van der Waals surface area contributed by atoms with Gasteiger partial charge < -0.3 is 0 Å². The molecule has 1 aromatic rings. The lowest BCUT2D eigenvalue weighted by atomic mass is 9.79. The second-order valence-electron chi connectivity index (χ2n) is 4.25. The smallest absolute Gasteiger partial charge is 0.164 e. The maximum atomic E-state index is 11.6. The average Bonchev–Trinajstić information content (AvgIpc) is 2.18. The van der Waals surface area contributed by atoms with Crippen LogP contribution in [-0.2, 0) is 0 Å². The zero-order chi connectivity index (χ0) is 10.1. The molecule has 1 aromatic heterocycles.